The van der Waals surface area contributed by atoms with Crippen molar-refractivity contribution in [2.45, 2.75) is 33.6 Å². The first-order chi connectivity index (χ1) is 12.4. The maximum atomic E-state index is 12.3. The molecular formula is C18H20N6O2. The lowest BCUT2D eigenvalue weighted by Crippen LogP contribution is -2.14. The van der Waals surface area contributed by atoms with E-state index in [4.69, 9.17) is 0 Å². The van der Waals surface area contributed by atoms with Crippen molar-refractivity contribution >= 4 is 29.0 Å². The van der Waals surface area contributed by atoms with Crippen molar-refractivity contribution in [1.29, 1.82) is 0 Å². The van der Waals surface area contributed by atoms with Gasteiger partial charge >= 0.3 is 0 Å². The Labute approximate surface area is 150 Å². The molecule has 2 amide bonds. The summed E-state index contributed by atoms with van der Waals surface area (Å²) < 4.78 is 1.68. The zero-order valence-electron chi connectivity index (χ0n) is 14.9. The molecule has 0 aliphatic heterocycles. The summed E-state index contributed by atoms with van der Waals surface area (Å²) in [5.41, 5.74) is 4.06. The SMILES string of the molecule is CC(=O)Nc1cccc(NC(=O)CCc2c(C)nc3ncnn3c2C)c1. The van der Waals surface area contributed by atoms with Gasteiger partial charge in [-0.3, -0.25) is 9.59 Å². The fourth-order valence-corrected chi connectivity index (χ4v) is 2.86. The molecule has 0 fully saturated rings. The maximum absolute atomic E-state index is 12.3. The Bertz CT molecular complexity index is 979. The van der Waals surface area contributed by atoms with Crippen molar-refractivity contribution < 1.29 is 9.59 Å². The summed E-state index contributed by atoms with van der Waals surface area (Å²) in [7, 11) is 0. The fourth-order valence-electron chi connectivity index (χ4n) is 2.86. The number of hydrogen-bond acceptors (Lipinski definition) is 5. The average molecular weight is 352 g/mol. The highest BCUT2D eigenvalue weighted by Crippen LogP contribution is 2.17. The highest BCUT2D eigenvalue weighted by atomic mass is 16.2. The first kappa shape index (κ1) is 17.5. The molecule has 134 valence electrons. The molecule has 1 aromatic carbocycles. The van der Waals surface area contributed by atoms with Gasteiger partial charge in [-0.2, -0.15) is 10.1 Å². The van der Waals surface area contributed by atoms with Crippen molar-refractivity contribution in [3.05, 3.63) is 47.5 Å². The summed E-state index contributed by atoms with van der Waals surface area (Å²) >= 11 is 0. The Morgan fingerprint density at radius 1 is 1.15 bits per heavy atom. The van der Waals surface area contributed by atoms with Crippen LogP contribution in [0.25, 0.3) is 5.78 Å². The van der Waals surface area contributed by atoms with E-state index in [1.165, 1.54) is 13.3 Å². The second-order valence-corrected chi connectivity index (χ2v) is 6.04. The van der Waals surface area contributed by atoms with Crippen LogP contribution >= 0.6 is 0 Å². The molecule has 0 aliphatic rings. The number of carbonyl (C=O) groups excluding carboxylic acids is 2. The van der Waals surface area contributed by atoms with Gasteiger partial charge in [0.05, 0.1) is 0 Å². The molecule has 0 bridgehead atoms. The van der Waals surface area contributed by atoms with Gasteiger partial charge in [-0.25, -0.2) is 9.50 Å². The van der Waals surface area contributed by atoms with Crippen LogP contribution in [0.5, 0.6) is 0 Å². The summed E-state index contributed by atoms with van der Waals surface area (Å²) in [5, 5.41) is 9.70. The molecule has 8 nitrogen and oxygen atoms in total. The Morgan fingerprint density at radius 2 is 1.88 bits per heavy atom. The van der Waals surface area contributed by atoms with Gasteiger partial charge in [0.2, 0.25) is 11.8 Å². The van der Waals surface area contributed by atoms with Crippen LogP contribution in [-0.2, 0) is 16.0 Å². The number of hydrogen-bond donors (Lipinski definition) is 2. The molecule has 0 saturated heterocycles. The van der Waals surface area contributed by atoms with Crippen molar-refractivity contribution in [3.63, 3.8) is 0 Å². The number of anilines is 2. The Morgan fingerprint density at radius 3 is 2.62 bits per heavy atom. The lowest BCUT2D eigenvalue weighted by Gasteiger charge is -2.11. The van der Waals surface area contributed by atoms with Crippen LogP contribution in [0.1, 0.15) is 30.3 Å². The Hall–Kier alpha value is -3.29. The third-order valence-corrected chi connectivity index (χ3v) is 4.06. The van der Waals surface area contributed by atoms with E-state index in [-0.39, 0.29) is 11.8 Å². The minimum Gasteiger partial charge on any atom is -0.326 e. The van der Waals surface area contributed by atoms with Gasteiger partial charge in [0.15, 0.2) is 0 Å². The van der Waals surface area contributed by atoms with Crippen LogP contribution in [0, 0.1) is 13.8 Å². The zero-order valence-corrected chi connectivity index (χ0v) is 14.9. The molecule has 0 radical (unpaired) electrons. The van der Waals surface area contributed by atoms with E-state index < -0.39 is 0 Å². The van der Waals surface area contributed by atoms with E-state index in [2.05, 4.69) is 25.7 Å². The van der Waals surface area contributed by atoms with Crippen molar-refractivity contribution in [3.8, 4) is 0 Å². The smallest absolute Gasteiger partial charge is 0.252 e. The third kappa shape index (κ3) is 3.85. The largest absolute Gasteiger partial charge is 0.326 e. The molecular weight excluding hydrogens is 332 g/mol. The second-order valence-electron chi connectivity index (χ2n) is 6.04. The van der Waals surface area contributed by atoms with Crippen molar-refractivity contribution in [1.82, 2.24) is 19.6 Å². The summed E-state index contributed by atoms with van der Waals surface area (Å²) in [5.74, 6) is 0.292. The van der Waals surface area contributed by atoms with Crippen molar-refractivity contribution in [2.24, 2.45) is 0 Å². The molecule has 2 heterocycles. The topological polar surface area (TPSA) is 101 Å². The monoisotopic (exact) mass is 352 g/mol. The van der Waals surface area contributed by atoms with Crippen LogP contribution in [0.4, 0.5) is 11.4 Å². The predicted octanol–water partition coefficient (Wildman–Crippen LogP) is 2.27. The van der Waals surface area contributed by atoms with E-state index >= 15 is 0 Å². The van der Waals surface area contributed by atoms with Gasteiger partial charge in [0.1, 0.15) is 6.33 Å². The minimum atomic E-state index is -0.157. The number of aryl methyl sites for hydroxylation is 2. The number of benzene rings is 1. The summed E-state index contributed by atoms with van der Waals surface area (Å²) in [6.07, 6.45) is 2.33. The average Bonchev–Trinajstić information content (AvgIpc) is 3.02. The number of nitrogens with one attached hydrogen (secondary N) is 2. The van der Waals surface area contributed by atoms with Gasteiger partial charge in [-0.1, -0.05) is 6.07 Å². The van der Waals surface area contributed by atoms with Crippen LogP contribution in [0.2, 0.25) is 0 Å². The summed E-state index contributed by atoms with van der Waals surface area (Å²) in [6, 6.07) is 7.04. The van der Waals surface area contributed by atoms with E-state index in [9.17, 15) is 9.59 Å². The minimum absolute atomic E-state index is 0.109. The standard InChI is InChI=1S/C18H20N6O2/c1-11-16(12(2)24-18(21-11)19-10-20-24)7-8-17(26)23-15-6-4-5-14(9-15)22-13(3)25/h4-6,9-10H,7-8H2,1-3H3,(H,22,25)(H,23,26). The van der Waals surface area contributed by atoms with Crippen LogP contribution in [-0.4, -0.2) is 31.4 Å². The van der Waals surface area contributed by atoms with E-state index in [0.717, 1.165) is 17.0 Å². The number of fused-ring (bicyclic) bond motifs is 1. The second kappa shape index (κ2) is 7.30. The molecule has 0 unspecified atom stereocenters. The summed E-state index contributed by atoms with van der Waals surface area (Å²) in [6.45, 7) is 5.29. The van der Waals surface area contributed by atoms with Crippen LogP contribution in [0.3, 0.4) is 0 Å². The first-order valence-corrected chi connectivity index (χ1v) is 8.27. The Balaban J connectivity index is 1.67. The molecule has 2 N–H and O–H groups in total. The third-order valence-electron chi connectivity index (χ3n) is 4.06. The maximum Gasteiger partial charge on any atom is 0.252 e. The molecule has 0 aliphatic carbocycles. The van der Waals surface area contributed by atoms with E-state index in [1.807, 2.05) is 13.8 Å². The molecule has 3 aromatic rings. The number of carbonyl (C=O) groups is 2. The molecule has 0 spiro atoms. The zero-order chi connectivity index (χ0) is 18.7. The highest BCUT2D eigenvalue weighted by molar-refractivity contribution is 5.93. The number of rotatable bonds is 5. The Kier molecular flexibility index (Phi) is 4.92. The normalized spacial score (nSPS) is 10.7. The van der Waals surface area contributed by atoms with Crippen molar-refractivity contribution in [2.75, 3.05) is 10.6 Å². The van der Waals surface area contributed by atoms with E-state index in [0.29, 0.717) is 30.0 Å². The molecule has 2 aromatic heterocycles. The summed E-state index contributed by atoms with van der Waals surface area (Å²) in [4.78, 5) is 31.9. The van der Waals surface area contributed by atoms with Gasteiger partial charge in [0, 0.05) is 36.1 Å². The number of aromatic nitrogens is 4. The number of amides is 2. The molecule has 0 atom stereocenters. The molecule has 3 rings (SSSR count). The van der Waals surface area contributed by atoms with Gasteiger partial charge in [-0.05, 0) is 44.0 Å². The molecule has 8 heteroatoms. The lowest BCUT2D eigenvalue weighted by atomic mass is 10.1. The van der Waals surface area contributed by atoms with Gasteiger partial charge in [-0.15, -0.1) is 0 Å². The quantitative estimate of drug-likeness (QED) is 0.733. The number of nitrogens with zero attached hydrogens (tertiary/aromatic N) is 4. The highest BCUT2D eigenvalue weighted by Gasteiger charge is 2.12. The van der Waals surface area contributed by atoms with E-state index in [1.54, 1.807) is 28.8 Å². The van der Waals surface area contributed by atoms with Crippen LogP contribution < -0.4 is 10.6 Å². The first-order valence-electron chi connectivity index (χ1n) is 8.27. The lowest BCUT2D eigenvalue weighted by molar-refractivity contribution is -0.116. The molecule has 26 heavy (non-hydrogen) atoms. The van der Waals surface area contributed by atoms with Gasteiger partial charge in [0.25, 0.3) is 5.78 Å². The fraction of sp³-hybridized carbons (Fsp3) is 0.278. The predicted molar refractivity (Wildman–Crippen MR) is 98.0 cm³/mol. The molecule has 0 saturated carbocycles. The van der Waals surface area contributed by atoms with Gasteiger partial charge < -0.3 is 10.6 Å². The van der Waals surface area contributed by atoms with Crippen LogP contribution in [0.15, 0.2) is 30.6 Å².